The van der Waals surface area contributed by atoms with Gasteiger partial charge in [0.1, 0.15) is 0 Å². The van der Waals surface area contributed by atoms with Crippen molar-refractivity contribution in [2.24, 2.45) is 10.7 Å². The maximum atomic E-state index is 5.98. The molecule has 0 radical (unpaired) electrons. The molecule has 5 nitrogen and oxygen atoms in total. The summed E-state index contributed by atoms with van der Waals surface area (Å²) in [7, 11) is 0. The van der Waals surface area contributed by atoms with Crippen molar-refractivity contribution in [3.05, 3.63) is 35.4 Å². The zero-order valence-electron chi connectivity index (χ0n) is 15.9. The molecule has 1 heterocycles. The van der Waals surface area contributed by atoms with E-state index in [2.05, 4.69) is 41.5 Å². The first-order valence-corrected chi connectivity index (χ1v) is 9.59. The maximum Gasteiger partial charge on any atom is 0.188 e. The zero-order valence-corrected chi connectivity index (χ0v) is 18.2. The third-order valence-electron chi connectivity index (χ3n) is 4.41. The molecule has 1 aliphatic rings. The van der Waals surface area contributed by atoms with Gasteiger partial charge in [0.25, 0.3) is 0 Å². The number of guanidine groups is 1. The van der Waals surface area contributed by atoms with Crippen LogP contribution in [-0.2, 0) is 22.6 Å². The summed E-state index contributed by atoms with van der Waals surface area (Å²) in [6.45, 7) is 5.97. The molecule has 0 bridgehead atoms. The maximum absolute atomic E-state index is 5.98. The molecule has 26 heavy (non-hydrogen) atoms. The van der Waals surface area contributed by atoms with Gasteiger partial charge in [-0.1, -0.05) is 50.5 Å². The number of halogens is 1. The fraction of sp³-hybridized carbons (Fsp3) is 0.650. The number of rotatable bonds is 10. The van der Waals surface area contributed by atoms with E-state index in [1.165, 1.54) is 24.8 Å². The standard InChI is InChI=1S/C20H33N3O2.HI/c1-2-3-4-5-11-22-20(21)23-15-17-7-6-8-18(14-17)16-25-19-9-12-24-13-10-19;/h6-8,14,19H,2-5,9-13,15-16H2,1H3,(H3,21,22,23);1H. The molecule has 1 fully saturated rings. The lowest BCUT2D eigenvalue weighted by molar-refractivity contribution is -0.0390. The highest BCUT2D eigenvalue weighted by Crippen LogP contribution is 2.14. The molecule has 0 saturated carbocycles. The molecule has 6 heteroatoms. The number of nitrogens with two attached hydrogens (primary N) is 1. The number of aliphatic imine (C=N–C) groups is 1. The topological polar surface area (TPSA) is 68.9 Å². The summed E-state index contributed by atoms with van der Waals surface area (Å²) < 4.78 is 11.3. The molecular weight excluding hydrogens is 441 g/mol. The van der Waals surface area contributed by atoms with Crippen LogP contribution < -0.4 is 11.1 Å². The Morgan fingerprint density at radius 2 is 2.00 bits per heavy atom. The second kappa shape index (κ2) is 14.2. The number of hydrogen-bond acceptors (Lipinski definition) is 3. The molecule has 3 N–H and O–H groups in total. The quantitative estimate of drug-likeness (QED) is 0.233. The molecule has 1 aromatic rings. The number of benzene rings is 1. The summed E-state index contributed by atoms with van der Waals surface area (Å²) >= 11 is 0. The lowest BCUT2D eigenvalue weighted by Crippen LogP contribution is -2.32. The second-order valence-corrected chi connectivity index (χ2v) is 6.63. The van der Waals surface area contributed by atoms with Crippen molar-refractivity contribution in [2.75, 3.05) is 19.8 Å². The van der Waals surface area contributed by atoms with Crippen LogP contribution in [0.3, 0.4) is 0 Å². The highest BCUT2D eigenvalue weighted by atomic mass is 127. The van der Waals surface area contributed by atoms with Crippen molar-refractivity contribution in [1.82, 2.24) is 5.32 Å². The third kappa shape index (κ3) is 9.73. The smallest absolute Gasteiger partial charge is 0.188 e. The lowest BCUT2D eigenvalue weighted by atomic mass is 10.1. The van der Waals surface area contributed by atoms with Crippen LogP contribution in [0.5, 0.6) is 0 Å². The van der Waals surface area contributed by atoms with Gasteiger partial charge in [-0.2, -0.15) is 0 Å². The monoisotopic (exact) mass is 475 g/mol. The van der Waals surface area contributed by atoms with Crippen molar-refractivity contribution in [3.63, 3.8) is 0 Å². The number of nitrogens with zero attached hydrogens (tertiary/aromatic N) is 1. The average Bonchev–Trinajstić information content (AvgIpc) is 2.66. The summed E-state index contributed by atoms with van der Waals surface area (Å²) in [5.41, 5.74) is 8.27. The SMILES string of the molecule is CCCCCCNC(N)=NCc1cccc(COC2CCOCC2)c1.I. The van der Waals surface area contributed by atoms with Crippen molar-refractivity contribution >= 4 is 29.9 Å². The van der Waals surface area contributed by atoms with Crippen LogP contribution in [0.4, 0.5) is 0 Å². The van der Waals surface area contributed by atoms with Crippen LogP contribution in [0.15, 0.2) is 29.3 Å². The Kier molecular flexibility index (Phi) is 12.7. The van der Waals surface area contributed by atoms with Crippen LogP contribution in [0, 0.1) is 0 Å². The van der Waals surface area contributed by atoms with Crippen LogP contribution in [0.25, 0.3) is 0 Å². The number of hydrogen-bond donors (Lipinski definition) is 2. The predicted octanol–water partition coefficient (Wildman–Crippen LogP) is 3.98. The first-order chi connectivity index (χ1) is 12.3. The first-order valence-electron chi connectivity index (χ1n) is 9.59. The molecule has 1 aliphatic heterocycles. The molecule has 1 aromatic carbocycles. The second-order valence-electron chi connectivity index (χ2n) is 6.63. The van der Waals surface area contributed by atoms with Crippen molar-refractivity contribution < 1.29 is 9.47 Å². The van der Waals surface area contributed by atoms with Gasteiger partial charge in [0.15, 0.2) is 5.96 Å². The molecule has 2 rings (SSSR count). The summed E-state index contributed by atoms with van der Waals surface area (Å²) in [4.78, 5) is 4.43. The molecule has 0 atom stereocenters. The summed E-state index contributed by atoms with van der Waals surface area (Å²) in [5.74, 6) is 0.528. The van der Waals surface area contributed by atoms with Gasteiger partial charge >= 0.3 is 0 Å². The summed E-state index contributed by atoms with van der Waals surface area (Å²) in [6.07, 6.45) is 7.21. The Hall–Kier alpha value is -0.860. The molecule has 0 spiro atoms. The first kappa shape index (κ1) is 23.2. The van der Waals surface area contributed by atoms with Gasteiger partial charge in [-0.05, 0) is 30.4 Å². The Balaban J connectivity index is 0.00000338. The van der Waals surface area contributed by atoms with Gasteiger partial charge in [0, 0.05) is 19.8 Å². The van der Waals surface area contributed by atoms with Gasteiger partial charge in [0.05, 0.1) is 19.3 Å². The van der Waals surface area contributed by atoms with E-state index < -0.39 is 0 Å². The lowest BCUT2D eigenvalue weighted by Gasteiger charge is -2.22. The number of unbranched alkanes of at least 4 members (excludes halogenated alkanes) is 3. The Morgan fingerprint density at radius 1 is 1.23 bits per heavy atom. The minimum absolute atomic E-state index is 0. The molecule has 1 saturated heterocycles. The fourth-order valence-electron chi connectivity index (χ4n) is 2.88. The predicted molar refractivity (Wildman–Crippen MR) is 118 cm³/mol. The van der Waals surface area contributed by atoms with Crippen LogP contribution in [0.2, 0.25) is 0 Å². The van der Waals surface area contributed by atoms with Crippen molar-refractivity contribution in [3.8, 4) is 0 Å². The van der Waals surface area contributed by atoms with E-state index in [4.69, 9.17) is 15.2 Å². The largest absolute Gasteiger partial charge is 0.381 e. The van der Waals surface area contributed by atoms with Crippen LogP contribution in [0.1, 0.15) is 56.6 Å². The van der Waals surface area contributed by atoms with Crippen molar-refractivity contribution in [2.45, 2.75) is 64.7 Å². The van der Waals surface area contributed by atoms with E-state index in [0.29, 0.717) is 25.2 Å². The molecule has 0 aromatic heterocycles. The minimum Gasteiger partial charge on any atom is -0.381 e. The molecule has 0 aliphatic carbocycles. The summed E-state index contributed by atoms with van der Waals surface area (Å²) in [5, 5.41) is 3.19. The van der Waals surface area contributed by atoms with E-state index in [1.54, 1.807) is 0 Å². The van der Waals surface area contributed by atoms with E-state index in [-0.39, 0.29) is 24.0 Å². The molecule has 0 amide bonds. The van der Waals surface area contributed by atoms with Gasteiger partial charge in [-0.3, -0.25) is 0 Å². The average molecular weight is 475 g/mol. The van der Waals surface area contributed by atoms with Crippen LogP contribution in [-0.4, -0.2) is 31.8 Å². The van der Waals surface area contributed by atoms with Crippen LogP contribution >= 0.6 is 24.0 Å². The molecule has 148 valence electrons. The highest BCUT2D eigenvalue weighted by Gasteiger charge is 2.13. The van der Waals surface area contributed by atoms with Gasteiger partial charge in [-0.15, -0.1) is 24.0 Å². The number of ether oxygens (including phenoxy) is 2. The zero-order chi connectivity index (χ0) is 17.7. The van der Waals surface area contributed by atoms with Gasteiger partial charge in [-0.25, -0.2) is 4.99 Å². The fourth-order valence-corrected chi connectivity index (χ4v) is 2.88. The normalized spacial score (nSPS) is 15.5. The highest BCUT2D eigenvalue weighted by molar-refractivity contribution is 14.0. The Morgan fingerprint density at radius 3 is 2.77 bits per heavy atom. The van der Waals surface area contributed by atoms with Crippen molar-refractivity contribution in [1.29, 1.82) is 0 Å². The van der Waals surface area contributed by atoms with E-state index in [0.717, 1.165) is 44.6 Å². The Labute approximate surface area is 175 Å². The molecular formula is C20H34IN3O2. The number of nitrogens with one attached hydrogen (secondary N) is 1. The van der Waals surface area contributed by atoms with E-state index in [1.807, 2.05) is 0 Å². The molecule has 0 unspecified atom stereocenters. The Bertz CT molecular complexity index is 520. The third-order valence-corrected chi connectivity index (χ3v) is 4.41. The van der Waals surface area contributed by atoms with Gasteiger partial charge in [0.2, 0.25) is 0 Å². The van der Waals surface area contributed by atoms with E-state index >= 15 is 0 Å². The minimum atomic E-state index is 0. The van der Waals surface area contributed by atoms with E-state index in [9.17, 15) is 0 Å². The summed E-state index contributed by atoms with van der Waals surface area (Å²) in [6, 6.07) is 8.39. The van der Waals surface area contributed by atoms with Gasteiger partial charge < -0.3 is 20.5 Å².